The number of thiazole rings is 1. The van der Waals surface area contributed by atoms with Crippen molar-refractivity contribution in [1.29, 1.82) is 0 Å². The molecule has 5 nitrogen and oxygen atoms in total. The molecule has 1 atom stereocenters. The average molecular weight is 452 g/mol. The molecule has 158 valence electrons. The maximum Gasteiger partial charge on any atom is 0.129 e. The quantitative estimate of drug-likeness (QED) is 0.269. The highest BCUT2D eigenvalue weighted by Crippen LogP contribution is 2.30. The van der Waals surface area contributed by atoms with Gasteiger partial charge >= 0.3 is 0 Å². The molecule has 31 heavy (non-hydrogen) atoms. The molecule has 0 fully saturated rings. The van der Waals surface area contributed by atoms with Gasteiger partial charge in [0.15, 0.2) is 0 Å². The summed E-state index contributed by atoms with van der Waals surface area (Å²) >= 11 is 7.40. The van der Waals surface area contributed by atoms with Gasteiger partial charge in [0.2, 0.25) is 0 Å². The summed E-state index contributed by atoms with van der Waals surface area (Å²) in [6, 6.07) is 21.5. The molecule has 0 aliphatic heterocycles. The van der Waals surface area contributed by atoms with Crippen molar-refractivity contribution < 1.29 is 9.84 Å². The first-order chi connectivity index (χ1) is 15.2. The lowest BCUT2D eigenvalue weighted by Crippen LogP contribution is -2.26. The second kappa shape index (κ2) is 10.5. The van der Waals surface area contributed by atoms with E-state index in [9.17, 15) is 5.11 Å². The fourth-order valence-corrected chi connectivity index (χ4v) is 3.99. The van der Waals surface area contributed by atoms with Crippen LogP contribution in [0.2, 0.25) is 5.15 Å². The highest BCUT2D eigenvalue weighted by Gasteiger charge is 2.09. The Balaban J connectivity index is 1.27. The zero-order chi connectivity index (χ0) is 21.5. The number of ether oxygens (including phenoxy) is 1. The third kappa shape index (κ3) is 5.89. The zero-order valence-electron chi connectivity index (χ0n) is 16.7. The molecule has 0 aliphatic carbocycles. The Hall–Kier alpha value is -2.77. The number of aromatic nitrogens is 2. The highest BCUT2D eigenvalue weighted by atomic mass is 35.5. The Bertz CT molecular complexity index is 1100. The van der Waals surface area contributed by atoms with Crippen molar-refractivity contribution in [1.82, 2.24) is 15.3 Å². The normalized spacial score (nSPS) is 11.9. The van der Waals surface area contributed by atoms with Crippen LogP contribution in [0, 0.1) is 0 Å². The Kier molecular flexibility index (Phi) is 7.27. The van der Waals surface area contributed by atoms with Gasteiger partial charge < -0.3 is 15.2 Å². The lowest BCUT2D eigenvalue weighted by atomic mass is 10.1. The number of aliphatic hydroxyl groups excluding tert-OH is 1. The van der Waals surface area contributed by atoms with Crippen LogP contribution < -0.4 is 10.1 Å². The minimum Gasteiger partial charge on any atom is -0.492 e. The smallest absolute Gasteiger partial charge is 0.129 e. The summed E-state index contributed by atoms with van der Waals surface area (Å²) in [5, 5.41) is 16.8. The SMILES string of the molecule is OC(CNCCOc1cccc(-c2csc(-c3ccccc3)n2)c1)c1ccc(Cl)nc1. The first-order valence-corrected chi connectivity index (χ1v) is 11.2. The predicted octanol–water partition coefficient (Wildman–Crippen LogP) is 5.23. The predicted molar refractivity (Wildman–Crippen MR) is 126 cm³/mol. The fourth-order valence-electron chi connectivity index (χ4n) is 3.05. The largest absolute Gasteiger partial charge is 0.492 e. The van der Waals surface area contributed by atoms with Gasteiger partial charge in [-0.15, -0.1) is 11.3 Å². The van der Waals surface area contributed by atoms with Crippen molar-refractivity contribution in [3.8, 4) is 27.6 Å². The average Bonchev–Trinajstić information content (AvgIpc) is 3.30. The van der Waals surface area contributed by atoms with Gasteiger partial charge in [-0.2, -0.15) is 0 Å². The lowest BCUT2D eigenvalue weighted by Gasteiger charge is -2.12. The van der Waals surface area contributed by atoms with Crippen LogP contribution in [0.1, 0.15) is 11.7 Å². The summed E-state index contributed by atoms with van der Waals surface area (Å²) in [4.78, 5) is 8.75. The fraction of sp³-hybridized carbons (Fsp3) is 0.167. The molecule has 0 bridgehead atoms. The third-order valence-corrected chi connectivity index (χ3v) is 5.79. The Morgan fingerprint density at radius 2 is 1.87 bits per heavy atom. The van der Waals surface area contributed by atoms with Gasteiger partial charge in [0.1, 0.15) is 22.5 Å². The molecule has 2 N–H and O–H groups in total. The van der Waals surface area contributed by atoms with E-state index >= 15 is 0 Å². The Morgan fingerprint density at radius 1 is 1.03 bits per heavy atom. The van der Waals surface area contributed by atoms with E-state index in [1.807, 2.05) is 42.5 Å². The number of benzene rings is 2. The van der Waals surface area contributed by atoms with Crippen LogP contribution in [-0.4, -0.2) is 34.8 Å². The van der Waals surface area contributed by atoms with E-state index in [2.05, 4.69) is 27.8 Å². The van der Waals surface area contributed by atoms with Crippen LogP contribution in [-0.2, 0) is 0 Å². The van der Waals surface area contributed by atoms with Crippen molar-refractivity contribution in [3.63, 3.8) is 0 Å². The molecule has 0 amide bonds. The summed E-state index contributed by atoms with van der Waals surface area (Å²) in [5.74, 6) is 0.788. The minimum absolute atomic E-state index is 0.411. The van der Waals surface area contributed by atoms with Crippen molar-refractivity contribution in [3.05, 3.63) is 89.0 Å². The van der Waals surface area contributed by atoms with E-state index in [0.717, 1.165) is 33.1 Å². The van der Waals surface area contributed by atoms with Crippen LogP contribution in [0.3, 0.4) is 0 Å². The maximum absolute atomic E-state index is 10.2. The molecule has 0 spiro atoms. The first kappa shape index (κ1) is 21.5. The number of hydrogen-bond acceptors (Lipinski definition) is 6. The van der Waals surface area contributed by atoms with Crippen LogP contribution in [0.15, 0.2) is 78.3 Å². The lowest BCUT2D eigenvalue weighted by molar-refractivity contribution is 0.171. The second-order valence-corrected chi connectivity index (χ2v) is 8.16. The summed E-state index contributed by atoms with van der Waals surface area (Å²) in [7, 11) is 0. The third-order valence-electron chi connectivity index (χ3n) is 4.68. The van der Waals surface area contributed by atoms with Crippen molar-refractivity contribution >= 4 is 22.9 Å². The van der Waals surface area contributed by atoms with E-state index in [0.29, 0.717) is 24.8 Å². The number of halogens is 1. The van der Waals surface area contributed by atoms with Crippen molar-refractivity contribution in [2.45, 2.75) is 6.10 Å². The molecular weight excluding hydrogens is 430 g/mol. The Labute approximate surface area is 190 Å². The molecule has 2 heterocycles. The maximum atomic E-state index is 10.2. The number of pyridine rings is 1. The van der Waals surface area contributed by atoms with Gasteiger partial charge in [0.25, 0.3) is 0 Å². The van der Waals surface area contributed by atoms with Crippen LogP contribution in [0.5, 0.6) is 5.75 Å². The topological polar surface area (TPSA) is 67.3 Å². The Morgan fingerprint density at radius 3 is 2.68 bits per heavy atom. The van der Waals surface area contributed by atoms with Gasteiger partial charge in [-0.25, -0.2) is 9.97 Å². The van der Waals surface area contributed by atoms with Gasteiger partial charge in [-0.05, 0) is 18.2 Å². The van der Waals surface area contributed by atoms with E-state index in [1.165, 1.54) is 0 Å². The molecule has 2 aromatic carbocycles. The van der Waals surface area contributed by atoms with E-state index in [-0.39, 0.29) is 0 Å². The summed E-state index contributed by atoms with van der Waals surface area (Å²) < 4.78 is 5.86. The zero-order valence-corrected chi connectivity index (χ0v) is 18.3. The molecule has 4 aromatic rings. The van der Waals surface area contributed by atoms with Crippen molar-refractivity contribution in [2.75, 3.05) is 19.7 Å². The molecule has 4 rings (SSSR count). The number of nitrogens with one attached hydrogen (secondary N) is 1. The van der Waals surface area contributed by atoms with E-state index in [4.69, 9.17) is 21.3 Å². The van der Waals surface area contributed by atoms with Gasteiger partial charge in [0, 0.05) is 41.4 Å². The monoisotopic (exact) mass is 451 g/mol. The summed E-state index contributed by atoms with van der Waals surface area (Å²) in [6.07, 6.45) is 0.940. The summed E-state index contributed by atoms with van der Waals surface area (Å²) in [6.45, 7) is 1.51. The second-order valence-electron chi connectivity index (χ2n) is 6.91. The summed E-state index contributed by atoms with van der Waals surface area (Å²) in [5.41, 5.74) is 3.80. The van der Waals surface area contributed by atoms with E-state index < -0.39 is 6.10 Å². The van der Waals surface area contributed by atoms with Crippen molar-refractivity contribution in [2.24, 2.45) is 0 Å². The van der Waals surface area contributed by atoms with Crippen LogP contribution in [0.4, 0.5) is 0 Å². The minimum atomic E-state index is -0.642. The van der Waals surface area contributed by atoms with Crippen LogP contribution in [0.25, 0.3) is 21.8 Å². The number of hydrogen-bond donors (Lipinski definition) is 2. The number of nitrogens with zero attached hydrogens (tertiary/aromatic N) is 2. The van der Waals surface area contributed by atoms with Gasteiger partial charge in [0.05, 0.1) is 11.8 Å². The molecule has 0 radical (unpaired) electrons. The molecule has 0 saturated carbocycles. The molecule has 1 unspecified atom stereocenters. The number of aliphatic hydroxyl groups is 1. The molecule has 0 aliphatic rings. The molecule has 0 saturated heterocycles. The van der Waals surface area contributed by atoms with Gasteiger partial charge in [-0.1, -0.05) is 60.1 Å². The highest BCUT2D eigenvalue weighted by molar-refractivity contribution is 7.13. The molecule has 7 heteroatoms. The van der Waals surface area contributed by atoms with Gasteiger partial charge in [-0.3, -0.25) is 0 Å². The van der Waals surface area contributed by atoms with E-state index in [1.54, 1.807) is 29.7 Å². The van der Waals surface area contributed by atoms with Crippen LogP contribution >= 0.6 is 22.9 Å². The molecular formula is C24H22ClN3O2S. The standard InChI is InChI=1S/C24H22ClN3O2S/c25-23-10-9-19(14-27-23)22(29)15-26-11-12-30-20-8-4-7-18(13-20)21-16-31-24(28-21)17-5-2-1-3-6-17/h1-10,13-14,16,22,26,29H,11-12,15H2. The molecule has 2 aromatic heterocycles. The first-order valence-electron chi connectivity index (χ1n) is 9.93. The number of rotatable bonds is 9.